The van der Waals surface area contributed by atoms with E-state index in [9.17, 15) is 0 Å². The molecule has 3 unspecified atom stereocenters. The van der Waals surface area contributed by atoms with Crippen LogP contribution in [0, 0.1) is 0 Å². The number of fused-ring (bicyclic) bond motifs is 4. The lowest BCUT2D eigenvalue weighted by Crippen LogP contribution is -2.38. The Balaban J connectivity index is 1.33. The molecule has 0 fully saturated rings. The summed E-state index contributed by atoms with van der Waals surface area (Å²) in [5.41, 5.74) is 5.74. The van der Waals surface area contributed by atoms with Crippen LogP contribution >= 0.6 is 0 Å². The Labute approximate surface area is 237 Å². The molecular weight excluding hydrogens is 504 g/mol. The van der Waals surface area contributed by atoms with Crippen LogP contribution in [0.5, 0.6) is 5.75 Å². The zero-order valence-corrected chi connectivity index (χ0v) is 22.2. The summed E-state index contributed by atoms with van der Waals surface area (Å²) in [6.45, 7) is 0. The van der Waals surface area contributed by atoms with Crippen molar-refractivity contribution in [3.05, 3.63) is 154 Å². The standard InChI is InChI=1S/C36H26N4O/c1-4-12-23(13-5-1)29-22-31-32(28-20-26-18-10-11-19-27(26)21-30(28)41-31)33(37-29)36-39-34(24-14-6-2-7-15-24)38-35(40-36)25-16-8-3-9-17-25/h1-22,28,30,34H,(H,38,39,40). The van der Waals surface area contributed by atoms with E-state index in [0.717, 1.165) is 45.2 Å². The van der Waals surface area contributed by atoms with E-state index in [1.807, 2.05) is 54.6 Å². The Hall–Kier alpha value is -5.29. The monoisotopic (exact) mass is 530 g/mol. The van der Waals surface area contributed by atoms with Crippen LogP contribution in [0.25, 0.3) is 23.4 Å². The smallest absolute Gasteiger partial charge is 0.169 e. The molecule has 0 saturated carbocycles. The van der Waals surface area contributed by atoms with Crippen molar-refractivity contribution in [1.82, 2.24) is 10.3 Å². The molecule has 0 radical (unpaired) electrons. The van der Waals surface area contributed by atoms with Crippen molar-refractivity contribution in [2.45, 2.75) is 18.2 Å². The number of nitrogens with zero attached hydrogens (tertiary/aromatic N) is 3. The topological polar surface area (TPSA) is 58.9 Å². The number of pyridine rings is 1. The molecule has 2 aliphatic heterocycles. The maximum atomic E-state index is 6.64. The minimum atomic E-state index is -0.402. The highest BCUT2D eigenvalue weighted by molar-refractivity contribution is 6.16. The highest BCUT2D eigenvalue weighted by Gasteiger charge is 2.38. The third-order valence-electron chi connectivity index (χ3n) is 7.85. The first kappa shape index (κ1) is 23.6. The Kier molecular flexibility index (Phi) is 5.59. The van der Waals surface area contributed by atoms with Crippen molar-refractivity contribution in [2.75, 3.05) is 0 Å². The van der Waals surface area contributed by atoms with Gasteiger partial charge >= 0.3 is 0 Å². The molecule has 5 nitrogen and oxygen atoms in total. The summed E-state index contributed by atoms with van der Waals surface area (Å²) in [7, 11) is 0. The van der Waals surface area contributed by atoms with Gasteiger partial charge in [0.05, 0.1) is 5.69 Å². The van der Waals surface area contributed by atoms with Gasteiger partial charge in [-0.1, -0.05) is 121 Å². The van der Waals surface area contributed by atoms with Gasteiger partial charge in [0.15, 0.2) is 12.0 Å². The predicted molar refractivity (Wildman–Crippen MR) is 163 cm³/mol. The van der Waals surface area contributed by atoms with Crippen LogP contribution in [0.4, 0.5) is 0 Å². The fourth-order valence-electron chi connectivity index (χ4n) is 5.86. The predicted octanol–water partition coefficient (Wildman–Crippen LogP) is 5.36. The molecule has 41 heavy (non-hydrogen) atoms. The summed E-state index contributed by atoms with van der Waals surface area (Å²) in [4.78, 5) is 15.5. The largest absolute Gasteiger partial charge is 0.485 e. The molecule has 0 saturated heterocycles. The summed E-state index contributed by atoms with van der Waals surface area (Å²) >= 11 is 0. The second-order valence-corrected chi connectivity index (χ2v) is 10.4. The third kappa shape index (κ3) is 4.23. The molecule has 3 heterocycles. The van der Waals surface area contributed by atoms with Crippen molar-refractivity contribution in [2.24, 2.45) is 9.98 Å². The number of amidine groups is 2. The molecule has 1 aliphatic carbocycles. The fraction of sp³-hybridized carbons (Fsp3) is 0.0833. The minimum absolute atomic E-state index is 0.0194. The Bertz CT molecular complexity index is 1950. The fourth-order valence-corrected chi connectivity index (χ4v) is 5.86. The van der Waals surface area contributed by atoms with Crippen molar-refractivity contribution in [3.8, 4) is 17.0 Å². The summed E-state index contributed by atoms with van der Waals surface area (Å²) in [5.74, 6) is 2.32. The van der Waals surface area contributed by atoms with E-state index in [-0.39, 0.29) is 12.0 Å². The van der Waals surface area contributed by atoms with E-state index in [4.69, 9.17) is 19.7 Å². The van der Waals surface area contributed by atoms with E-state index in [1.165, 1.54) is 10.4 Å². The maximum Gasteiger partial charge on any atom is 0.169 e. The quantitative estimate of drug-likeness (QED) is 0.340. The SMILES string of the molecule is C1=c2ccccc2=CC2c3c(cc(-c4ccccc4)nc3C3=NC(c4ccccc4)N=C(c4ccccc4)N3)OC12. The molecule has 0 bridgehead atoms. The summed E-state index contributed by atoms with van der Waals surface area (Å²) < 4.78 is 6.64. The van der Waals surface area contributed by atoms with Crippen LogP contribution in [-0.4, -0.2) is 22.8 Å². The van der Waals surface area contributed by atoms with Gasteiger partial charge in [-0.15, -0.1) is 0 Å². The molecule has 3 aliphatic rings. The van der Waals surface area contributed by atoms with Gasteiger partial charge in [0.1, 0.15) is 23.4 Å². The second kappa shape index (κ2) is 9.72. The second-order valence-electron chi connectivity index (χ2n) is 10.4. The number of ether oxygens (including phenoxy) is 1. The number of hydrogen-bond donors (Lipinski definition) is 1. The first-order valence-corrected chi connectivity index (χ1v) is 13.9. The average Bonchev–Trinajstić information content (AvgIpc) is 3.41. The van der Waals surface area contributed by atoms with E-state index in [2.05, 4.69) is 84.2 Å². The first-order valence-electron chi connectivity index (χ1n) is 13.9. The normalized spacial score (nSPS) is 20.0. The van der Waals surface area contributed by atoms with Crippen LogP contribution in [0.1, 0.15) is 34.5 Å². The summed E-state index contributed by atoms with van der Waals surface area (Å²) in [6, 6.07) is 41.2. The molecular formula is C36H26N4O. The lowest BCUT2D eigenvalue weighted by Gasteiger charge is -2.24. The molecule has 5 heteroatoms. The van der Waals surface area contributed by atoms with Crippen molar-refractivity contribution in [3.63, 3.8) is 0 Å². The van der Waals surface area contributed by atoms with Gasteiger partial charge in [0.25, 0.3) is 0 Å². The van der Waals surface area contributed by atoms with E-state index >= 15 is 0 Å². The highest BCUT2D eigenvalue weighted by atomic mass is 16.5. The maximum absolute atomic E-state index is 6.64. The van der Waals surface area contributed by atoms with Gasteiger partial charge in [0.2, 0.25) is 0 Å². The number of aromatic nitrogens is 1. The number of nitrogens with one attached hydrogen (secondary N) is 1. The van der Waals surface area contributed by atoms with Crippen LogP contribution in [0.15, 0.2) is 131 Å². The van der Waals surface area contributed by atoms with Crippen molar-refractivity contribution in [1.29, 1.82) is 0 Å². The van der Waals surface area contributed by atoms with Crippen molar-refractivity contribution >= 4 is 23.8 Å². The highest BCUT2D eigenvalue weighted by Crippen LogP contribution is 2.44. The Morgan fingerprint density at radius 1 is 0.610 bits per heavy atom. The average molecular weight is 531 g/mol. The van der Waals surface area contributed by atoms with Crippen LogP contribution in [0.3, 0.4) is 0 Å². The number of aliphatic imine (C=N–C) groups is 2. The van der Waals surface area contributed by atoms with Gasteiger partial charge in [-0.25, -0.2) is 15.0 Å². The number of benzene rings is 4. The van der Waals surface area contributed by atoms with E-state index in [0.29, 0.717) is 5.84 Å². The zero-order valence-electron chi connectivity index (χ0n) is 22.2. The van der Waals surface area contributed by atoms with Crippen molar-refractivity contribution < 1.29 is 4.74 Å². The molecule has 1 aromatic heterocycles. The first-order chi connectivity index (χ1) is 20.3. The Morgan fingerprint density at radius 3 is 1.95 bits per heavy atom. The third-order valence-corrected chi connectivity index (χ3v) is 7.85. The number of hydrogen-bond acceptors (Lipinski definition) is 5. The summed E-state index contributed by atoms with van der Waals surface area (Å²) in [5, 5.41) is 5.96. The number of rotatable bonds is 4. The Morgan fingerprint density at radius 2 is 1.22 bits per heavy atom. The van der Waals surface area contributed by atoms with E-state index in [1.54, 1.807) is 0 Å². The van der Waals surface area contributed by atoms with Crippen LogP contribution in [-0.2, 0) is 0 Å². The van der Waals surface area contributed by atoms with Gasteiger partial charge in [-0.3, -0.25) is 0 Å². The minimum Gasteiger partial charge on any atom is -0.485 e. The van der Waals surface area contributed by atoms with Crippen LogP contribution in [0.2, 0.25) is 0 Å². The lowest BCUT2D eigenvalue weighted by atomic mass is 9.88. The van der Waals surface area contributed by atoms with Gasteiger partial charge in [-0.2, -0.15) is 0 Å². The molecule has 8 rings (SSSR count). The molecule has 5 aromatic rings. The molecule has 0 spiro atoms. The molecule has 196 valence electrons. The van der Waals surface area contributed by atoms with Gasteiger partial charge < -0.3 is 10.1 Å². The lowest BCUT2D eigenvalue weighted by molar-refractivity contribution is 0.288. The summed E-state index contributed by atoms with van der Waals surface area (Å²) in [6.07, 6.45) is 4.03. The molecule has 4 aromatic carbocycles. The van der Waals surface area contributed by atoms with Crippen LogP contribution < -0.4 is 20.5 Å². The molecule has 1 N–H and O–H groups in total. The molecule has 0 amide bonds. The van der Waals surface area contributed by atoms with Gasteiger partial charge in [-0.05, 0) is 22.1 Å². The zero-order chi connectivity index (χ0) is 27.2. The van der Waals surface area contributed by atoms with E-state index < -0.39 is 6.17 Å². The van der Waals surface area contributed by atoms with Gasteiger partial charge in [0, 0.05) is 28.7 Å². The molecule has 3 atom stereocenters.